The van der Waals surface area contributed by atoms with E-state index >= 15 is 0 Å². The zero-order chi connectivity index (χ0) is 17.3. The Kier molecular flexibility index (Phi) is 4.52. The molecule has 0 spiro atoms. The highest BCUT2D eigenvalue weighted by Gasteiger charge is 2.46. The van der Waals surface area contributed by atoms with Crippen molar-refractivity contribution in [3.8, 4) is 0 Å². The molecule has 2 aliphatic rings. The molecule has 0 N–H and O–H groups in total. The molecule has 0 amide bonds. The molecule has 1 heteroatoms. The molecule has 2 atom stereocenters. The van der Waals surface area contributed by atoms with E-state index in [4.69, 9.17) is 0 Å². The van der Waals surface area contributed by atoms with Crippen LogP contribution in [0.25, 0.3) is 5.57 Å². The zero-order valence-electron chi connectivity index (χ0n) is 15.3. The molecule has 1 aliphatic heterocycles. The van der Waals surface area contributed by atoms with Gasteiger partial charge in [-0.05, 0) is 53.2 Å². The van der Waals surface area contributed by atoms with Gasteiger partial charge in [-0.3, -0.25) is 0 Å². The maximum absolute atomic E-state index is 4.29. The van der Waals surface area contributed by atoms with Crippen LogP contribution in [-0.4, -0.2) is 24.5 Å². The number of rotatable bonds is 5. The van der Waals surface area contributed by atoms with Crippen molar-refractivity contribution in [3.63, 3.8) is 0 Å². The molecule has 2 unspecified atom stereocenters. The first-order valence-corrected chi connectivity index (χ1v) is 9.65. The van der Waals surface area contributed by atoms with Gasteiger partial charge in [0.25, 0.3) is 0 Å². The fraction of sp³-hybridized carbons (Fsp3) is 0.417. The SMILES string of the molecule is C=C(CCN1CC2CC(C)(c3ccccc3)CC2C1)c1ccccc1. The summed E-state index contributed by atoms with van der Waals surface area (Å²) in [6.07, 6.45) is 3.77. The van der Waals surface area contributed by atoms with Crippen LogP contribution in [0.2, 0.25) is 0 Å². The van der Waals surface area contributed by atoms with Gasteiger partial charge in [0, 0.05) is 19.6 Å². The van der Waals surface area contributed by atoms with Gasteiger partial charge in [0.2, 0.25) is 0 Å². The molecule has 0 aromatic heterocycles. The molecule has 1 heterocycles. The minimum Gasteiger partial charge on any atom is -0.302 e. The molecule has 1 nitrogen and oxygen atoms in total. The van der Waals surface area contributed by atoms with Crippen LogP contribution >= 0.6 is 0 Å². The highest BCUT2D eigenvalue weighted by Crippen LogP contribution is 2.50. The smallest absolute Gasteiger partial charge is 0.00221 e. The summed E-state index contributed by atoms with van der Waals surface area (Å²) >= 11 is 0. The summed E-state index contributed by atoms with van der Waals surface area (Å²) in [5.41, 5.74) is 4.48. The molecular weight excluding hydrogens is 302 g/mol. The summed E-state index contributed by atoms with van der Waals surface area (Å²) in [4.78, 5) is 2.67. The summed E-state index contributed by atoms with van der Waals surface area (Å²) in [5, 5.41) is 0. The molecule has 2 aromatic rings. The predicted octanol–water partition coefficient (Wildman–Crippen LogP) is 5.39. The van der Waals surface area contributed by atoms with Crippen LogP contribution < -0.4 is 0 Å². The van der Waals surface area contributed by atoms with Crippen LogP contribution in [0.3, 0.4) is 0 Å². The topological polar surface area (TPSA) is 3.24 Å². The second-order valence-electron chi connectivity index (χ2n) is 8.33. The van der Waals surface area contributed by atoms with Crippen LogP contribution in [0.15, 0.2) is 67.2 Å². The lowest BCUT2D eigenvalue weighted by Crippen LogP contribution is -2.27. The van der Waals surface area contributed by atoms with Crippen LogP contribution in [0, 0.1) is 11.8 Å². The van der Waals surface area contributed by atoms with Gasteiger partial charge < -0.3 is 4.90 Å². The van der Waals surface area contributed by atoms with Crippen molar-refractivity contribution in [1.82, 2.24) is 4.90 Å². The van der Waals surface area contributed by atoms with Gasteiger partial charge in [-0.1, -0.05) is 74.2 Å². The first-order valence-electron chi connectivity index (χ1n) is 9.65. The van der Waals surface area contributed by atoms with Gasteiger partial charge in [0.05, 0.1) is 0 Å². The Bertz CT molecular complexity index is 704. The van der Waals surface area contributed by atoms with E-state index in [0.29, 0.717) is 5.41 Å². The standard InChI is InChI=1S/C24H29N/c1-19(20-9-5-3-6-10-20)13-14-25-17-21-15-24(2,16-22(21)18-25)23-11-7-4-8-12-23/h3-12,21-22H,1,13-18H2,2H3. The lowest BCUT2D eigenvalue weighted by Gasteiger charge is -2.27. The van der Waals surface area contributed by atoms with Crippen molar-refractivity contribution in [2.45, 2.75) is 31.6 Å². The first kappa shape index (κ1) is 16.6. The third-order valence-electron chi connectivity index (χ3n) is 6.46. The van der Waals surface area contributed by atoms with Crippen molar-refractivity contribution in [2.24, 2.45) is 11.8 Å². The van der Waals surface area contributed by atoms with Crippen molar-refractivity contribution in [1.29, 1.82) is 0 Å². The van der Waals surface area contributed by atoms with E-state index in [9.17, 15) is 0 Å². The van der Waals surface area contributed by atoms with E-state index in [1.807, 2.05) is 0 Å². The van der Waals surface area contributed by atoms with Crippen molar-refractivity contribution in [2.75, 3.05) is 19.6 Å². The van der Waals surface area contributed by atoms with Crippen molar-refractivity contribution < 1.29 is 0 Å². The fourth-order valence-corrected chi connectivity index (χ4v) is 5.11. The first-order chi connectivity index (χ1) is 12.1. The molecule has 2 fully saturated rings. The second-order valence-corrected chi connectivity index (χ2v) is 8.33. The maximum atomic E-state index is 4.29. The monoisotopic (exact) mass is 331 g/mol. The van der Waals surface area contributed by atoms with Crippen LogP contribution in [0.5, 0.6) is 0 Å². The molecule has 1 saturated heterocycles. The zero-order valence-corrected chi connectivity index (χ0v) is 15.3. The van der Waals surface area contributed by atoms with Crippen LogP contribution in [0.4, 0.5) is 0 Å². The maximum Gasteiger partial charge on any atom is 0.00221 e. The summed E-state index contributed by atoms with van der Waals surface area (Å²) in [7, 11) is 0. The van der Waals surface area contributed by atoms with Crippen LogP contribution in [-0.2, 0) is 5.41 Å². The van der Waals surface area contributed by atoms with E-state index in [2.05, 4.69) is 79.1 Å². The Labute approximate surface area is 152 Å². The highest BCUT2D eigenvalue weighted by molar-refractivity contribution is 5.63. The lowest BCUT2D eigenvalue weighted by atomic mass is 9.80. The number of hydrogen-bond acceptors (Lipinski definition) is 1. The summed E-state index contributed by atoms with van der Waals surface area (Å²) in [6, 6.07) is 21.8. The van der Waals surface area contributed by atoms with Gasteiger partial charge in [-0.25, -0.2) is 0 Å². The quantitative estimate of drug-likeness (QED) is 0.710. The molecule has 0 bridgehead atoms. The van der Waals surface area contributed by atoms with Gasteiger partial charge in [0.1, 0.15) is 0 Å². The molecule has 2 aromatic carbocycles. The fourth-order valence-electron chi connectivity index (χ4n) is 5.11. The largest absolute Gasteiger partial charge is 0.302 e. The van der Waals surface area contributed by atoms with Gasteiger partial charge in [-0.2, -0.15) is 0 Å². The number of hydrogen-bond donors (Lipinski definition) is 0. The number of fused-ring (bicyclic) bond motifs is 1. The van der Waals surface area contributed by atoms with E-state index in [1.165, 1.54) is 42.6 Å². The van der Waals surface area contributed by atoms with Gasteiger partial charge >= 0.3 is 0 Å². The molecule has 0 radical (unpaired) electrons. The van der Waals surface area contributed by atoms with E-state index in [1.54, 1.807) is 0 Å². The third-order valence-corrected chi connectivity index (χ3v) is 6.46. The Morgan fingerprint density at radius 2 is 1.52 bits per heavy atom. The average Bonchev–Trinajstić information content (AvgIpc) is 3.16. The van der Waals surface area contributed by atoms with Gasteiger partial charge in [0.15, 0.2) is 0 Å². The Hall–Kier alpha value is -1.86. The molecule has 4 rings (SSSR count). The average molecular weight is 332 g/mol. The number of benzene rings is 2. The Morgan fingerprint density at radius 1 is 0.960 bits per heavy atom. The van der Waals surface area contributed by atoms with Gasteiger partial charge in [-0.15, -0.1) is 0 Å². The predicted molar refractivity (Wildman–Crippen MR) is 107 cm³/mol. The minimum absolute atomic E-state index is 0.385. The summed E-state index contributed by atoms with van der Waals surface area (Å²) in [6.45, 7) is 10.5. The Balaban J connectivity index is 1.32. The van der Waals surface area contributed by atoms with Crippen LogP contribution in [0.1, 0.15) is 37.3 Å². The van der Waals surface area contributed by atoms with E-state index < -0.39 is 0 Å². The van der Waals surface area contributed by atoms with Crippen molar-refractivity contribution in [3.05, 3.63) is 78.4 Å². The molecule has 1 aliphatic carbocycles. The summed E-state index contributed by atoms with van der Waals surface area (Å²) < 4.78 is 0. The summed E-state index contributed by atoms with van der Waals surface area (Å²) in [5.74, 6) is 1.74. The van der Waals surface area contributed by atoms with Crippen molar-refractivity contribution >= 4 is 5.57 Å². The third kappa shape index (κ3) is 3.43. The normalized spacial score (nSPS) is 28.8. The number of nitrogens with zero attached hydrogens (tertiary/aromatic N) is 1. The Morgan fingerprint density at radius 3 is 2.12 bits per heavy atom. The second kappa shape index (κ2) is 6.80. The molecule has 1 saturated carbocycles. The van der Waals surface area contributed by atoms with E-state index in [-0.39, 0.29) is 0 Å². The molecule has 130 valence electrons. The molecule has 25 heavy (non-hydrogen) atoms. The van der Waals surface area contributed by atoms with E-state index in [0.717, 1.165) is 24.8 Å². The molecular formula is C24H29N. The highest BCUT2D eigenvalue weighted by atomic mass is 15.2. The minimum atomic E-state index is 0.385. The number of likely N-dealkylation sites (tertiary alicyclic amines) is 1. The lowest BCUT2D eigenvalue weighted by molar-refractivity contribution is 0.296.